The Kier molecular flexibility index (Phi) is 4.10. The number of rotatable bonds is 1. The summed E-state index contributed by atoms with van der Waals surface area (Å²) in [6.45, 7) is 2.23. The molecule has 0 unspecified atom stereocenters. The van der Waals surface area contributed by atoms with E-state index in [0.29, 0.717) is 5.95 Å². The van der Waals surface area contributed by atoms with Crippen LogP contribution in [0.15, 0.2) is 41.9 Å². The van der Waals surface area contributed by atoms with Crippen LogP contribution in [0.3, 0.4) is 0 Å². The molecule has 4 aliphatic rings. The maximum atomic E-state index is 13.5. The first-order valence-electron chi connectivity index (χ1n) is 10.9. The van der Waals surface area contributed by atoms with Crippen molar-refractivity contribution < 1.29 is 14.3 Å². The van der Waals surface area contributed by atoms with Crippen LogP contribution in [0.1, 0.15) is 82.6 Å². The summed E-state index contributed by atoms with van der Waals surface area (Å²) in [6.07, 6.45) is 10.8. The topological polar surface area (TPSA) is 35.5 Å². The van der Waals surface area contributed by atoms with Gasteiger partial charge in [0, 0.05) is 11.8 Å². The van der Waals surface area contributed by atoms with Crippen molar-refractivity contribution >= 4 is 5.78 Å². The highest BCUT2D eigenvalue weighted by Crippen LogP contribution is 2.57. The lowest BCUT2D eigenvalue weighted by Crippen LogP contribution is -2.47. The summed E-state index contributed by atoms with van der Waals surface area (Å²) in [4.78, 5) is 13.5. The van der Waals surface area contributed by atoms with Gasteiger partial charge in [0.05, 0.1) is 5.57 Å². The second kappa shape index (κ2) is 6.39. The summed E-state index contributed by atoms with van der Waals surface area (Å²) >= 11 is 0. The molecule has 1 aromatic rings. The van der Waals surface area contributed by atoms with Gasteiger partial charge < -0.3 is 9.47 Å². The van der Waals surface area contributed by atoms with Gasteiger partial charge in [0.1, 0.15) is 5.60 Å². The molecule has 0 N–H and O–H groups in total. The molecule has 2 aliphatic carbocycles. The molecule has 2 fully saturated rings. The smallest absolute Gasteiger partial charge is 0.288 e. The predicted octanol–water partition coefficient (Wildman–Crippen LogP) is 5.65. The minimum absolute atomic E-state index is 0.142. The Morgan fingerprint density at radius 3 is 2.15 bits per heavy atom. The minimum atomic E-state index is -0.626. The van der Waals surface area contributed by atoms with Gasteiger partial charge in [-0.2, -0.15) is 0 Å². The summed E-state index contributed by atoms with van der Waals surface area (Å²) in [5.41, 5.74) is 1.29. The SMILES string of the molecule is C[C@@H]1C2=C(OC3(CCCCC3)C2=O)OC2(CCCCC2)[C@H]1c1ccccc1. The largest absolute Gasteiger partial charge is 0.458 e. The van der Waals surface area contributed by atoms with Gasteiger partial charge in [0.2, 0.25) is 5.78 Å². The van der Waals surface area contributed by atoms with Crippen molar-refractivity contribution in [3.05, 3.63) is 47.4 Å². The van der Waals surface area contributed by atoms with Crippen LogP contribution in [0.4, 0.5) is 0 Å². The molecule has 5 rings (SSSR count). The Hall–Kier alpha value is -1.77. The normalized spacial score (nSPS) is 31.5. The number of ketones is 1. The van der Waals surface area contributed by atoms with E-state index in [1.807, 2.05) is 0 Å². The first-order chi connectivity index (χ1) is 13.2. The number of Topliss-reactive ketones (excluding diaryl/α,β-unsaturated/α-hetero) is 1. The van der Waals surface area contributed by atoms with Crippen molar-refractivity contribution in [2.75, 3.05) is 0 Å². The molecule has 3 nitrogen and oxygen atoms in total. The van der Waals surface area contributed by atoms with E-state index in [4.69, 9.17) is 9.47 Å². The van der Waals surface area contributed by atoms with Crippen molar-refractivity contribution in [1.82, 2.24) is 0 Å². The fourth-order valence-corrected chi connectivity index (χ4v) is 6.22. The summed E-state index contributed by atoms with van der Waals surface area (Å²) in [6, 6.07) is 10.7. The molecule has 0 saturated heterocycles. The number of carbonyl (C=O) groups excluding carboxylic acids is 1. The number of hydrogen-bond donors (Lipinski definition) is 0. The fraction of sp³-hybridized carbons (Fsp3) is 0.625. The lowest BCUT2D eigenvalue weighted by Gasteiger charge is -2.48. The summed E-state index contributed by atoms with van der Waals surface area (Å²) in [5.74, 6) is 1.17. The first-order valence-corrected chi connectivity index (χ1v) is 10.9. The van der Waals surface area contributed by atoms with Crippen LogP contribution in [0.2, 0.25) is 0 Å². The van der Waals surface area contributed by atoms with Crippen LogP contribution in [0, 0.1) is 5.92 Å². The van der Waals surface area contributed by atoms with Gasteiger partial charge in [-0.05, 0) is 56.9 Å². The van der Waals surface area contributed by atoms with Crippen molar-refractivity contribution in [2.45, 2.75) is 88.3 Å². The zero-order chi connectivity index (χ0) is 18.5. The standard InChI is InChI=1S/C24H30O3/c1-17-19-21(25)24(15-9-4-10-16-24)27-22(19)26-23(13-7-3-8-14-23)20(17)18-11-5-2-6-12-18/h2,5-6,11-12,17,20H,3-4,7-10,13-16H2,1H3/t17-,20-/m1/s1. The van der Waals surface area contributed by atoms with Crippen molar-refractivity contribution in [3.8, 4) is 0 Å². The molecule has 3 heteroatoms. The molecule has 0 bridgehead atoms. The minimum Gasteiger partial charge on any atom is -0.458 e. The van der Waals surface area contributed by atoms with E-state index in [-0.39, 0.29) is 23.2 Å². The number of hydrogen-bond acceptors (Lipinski definition) is 3. The van der Waals surface area contributed by atoms with Gasteiger partial charge in [0.25, 0.3) is 5.95 Å². The Labute approximate surface area is 162 Å². The van der Waals surface area contributed by atoms with E-state index in [0.717, 1.165) is 44.1 Å². The molecule has 27 heavy (non-hydrogen) atoms. The van der Waals surface area contributed by atoms with Crippen molar-refractivity contribution in [1.29, 1.82) is 0 Å². The maximum Gasteiger partial charge on any atom is 0.288 e. The van der Waals surface area contributed by atoms with Gasteiger partial charge in [-0.3, -0.25) is 4.79 Å². The molecule has 2 heterocycles. The number of ether oxygens (including phenoxy) is 2. The molecule has 0 aromatic heterocycles. The van der Waals surface area contributed by atoms with Gasteiger partial charge in [0.15, 0.2) is 5.60 Å². The molecule has 2 aliphatic heterocycles. The average molecular weight is 367 g/mol. The van der Waals surface area contributed by atoms with E-state index in [9.17, 15) is 4.79 Å². The second-order valence-corrected chi connectivity index (χ2v) is 9.09. The Bertz CT molecular complexity index is 751. The molecule has 144 valence electrons. The third-order valence-electron chi connectivity index (χ3n) is 7.50. The molecular formula is C24H30O3. The first kappa shape index (κ1) is 17.3. The second-order valence-electron chi connectivity index (χ2n) is 9.09. The van der Waals surface area contributed by atoms with Crippen molar-refractivity contribution in [2.24, 2.45) is 5.92 Å². The third kappa shape index (κ3) is 2.57. The van der Waals surface area contributed by atoms with Crippen LogP contribution in [0.25, 0.3) is 0 Å². The lowest BCUT2D eigenvalue weighted by atomic mass is 9.64. The van der Waals surface area contributed by atoms with E-state index in [1.165, 1.54) is 31.2 Å². The average Bonchev–Trinajstić information content (AvgIpc) is 2.95. The van der Waals surface area contributed by atoms with Crippen molar-refractivity contribution in [3.63, 3.8) is 0 Å². The van der Waals surface area contributed by atoms with Gasteiger partial charge >= 0.3 is 0 Å². The van der Waals surface area contributed by atoms with Crippen LogP contribution in [0.5, 0.6) is 0 Å². The van der Waals surface area contributed by atoms with E-state index in [2.05, 4.69) is 37.3 Å². The van der Waals surface area contributed by atoms with Crippen LogP contribution in [-0.4, -0.2) is 17.0 Å². The highest BCUT2D eigenvalue weighted by molar-refractivity contribution is 6.04. The zero-order valence-electron chi connectivity index (χ0n) is 16.3. The Balaban J connectivity index is 1.57. The highest BCUT2D eigenvalue weighted by atomic mass is 16.7. The predicted molar refractivity (Wildman–Crippen MR) is 104 cm³/mol. The molecular weight excluding hydrogens is 336 g/mol. The van der Waals surface area contributed by atoms with Crippen LogP contribution < -0.4 is 0 Å². The Morgan fingerprint density at radius 2 is 1.48 bits per heavy atom. The summed E-state index contributed by atoms with van der Waals surface area (Å²) in [7, 11) is 0. The molecule has 2 saturated carbocycles. The quantitative estimate of drug-likeness (QED) is 0.644. The molecule has 2 spiro atoms. The third-order valence-corrected chi connectivity index (χ3v) is 7.50. The van der Waals surface area contributed by atoms with Gasteiger partial charge in [-0.25, -0.2) is 0 Å². The van der Waals surface area contributed by atoms with Gasteiger partial charge in [-0.1, -0.05) is 50.1 Å². The zero-order valence-corrected chi connectivity index (χ0v) is 16.3. The van der Waals surface area contributed by atoms with Gasteiger partial charge in [-0.15, -0.1) is 0 Å². The monoisotopic (exact) mass is 366 g/mol. The van der Waals surface area contributed by atoms with E-state index < -0.39 is 5.60 Å². The number of carbonyl (C=O) groups is 1. The summed E-state index contributed by atoms with van der Waals surface area (Å²) in [5, 5.41) is 0. The molecule has 0 radical (unpaired) electrons. The van der Waals surface area contributed by atoms with Crippen LogP contribution in [-0.2, 0) is 14.3 Å². The summed E-state index contributed by atoms with van der Waals surface area (Å²) < 4.78 is 13.1. The maximum absolute atomic E-state index is 13.5. The Morgan fingerprint density at radius 1 is 0.852 bits per heavy atom. The molecule has 2 atom stereocenters. The molecule has 0 amide bonds. The van der Waals surface area contributed by atoms with E-state index in [1.54, 1.807) is 0 Å². The van der Waals surface area contributed by atoms with E-state index >= 15 is 0 Å². The van der Waals surface area contributed by atoms with Crippen LogP contribution >= 0.6 is 0 Å². The fourth-order valence-electron chi connectivity index (χ4n) is 6.22. The highest BCUT2D eigenvalue weighted by Gasteiger charge is 2.59. The lowest BCUT2D eigenvalue weighted by molar-refractivity contribution is -0.158. The molecule has 1 aromatic carbocycles. The number of benzene rings is 1.